The maximum atomic E-state index is 10.3. The van der Waals surface area contributed by atoms with Crippen LogP contribution in [0.4, 0.5) is 0 Å². The van der Waals surface area contributed by atoms with Gasteiger partial charge >= 0.3 is 0 Å². The van der Waals surface area contributed by atoms with E-state index in [1.165, 1.54) is 32.4 Å². The molecule has 116 valence electrons. The zero-order chi connectivity index (χ0) is 16.1. The van der Waals surface area contributed by atoms with Gasteiger partial charge in [-0.1, -0.05) is 0 Å². The van der Waals surface area contributed by atoms with Crippen LogP contribution in [-0.2, 0) is 0 Å². The van der Waals surface area contributed by atoms with Gasteiger partial charge in [-0.05, 0) is 42.0 Å². The second kappa shape index (κ2) is 6.76. The lowest BCUT2D eigenvalue weighted by Gasteiger charge is -2.09. The van der Waals surface area contributed by atoms with Crippen LogP contribution in [0.15, 0.2) is 36.4 Å². The Morgan fingerprint density at radius 1 is 0.909 bits per heavy atom. The fourth-order valence-corrected chi connectivity index (χ4v) is 2.04. The summed E-state index contributed by atoms with van der Waals surface area (Å²) < 4.78 is 15.5. The van der Waals surface area contributed by atoms with Crippen molar-refractivity contribution in [2.24, 2.45) is 0 Å². The summed E-state index contributed by atoms with van der Waals surface area (Å²) >= 11 is 0. The highest BCUT2D eigenvalue weighted by atomic mass is 16.5. The summed E-state index contributed by atoms with van der Waals surface area (Å²) in [5, 5.41) is 19.9. The Labute approximate surface area is 129 Å². The van der Waals surface area contributed by atoms with Gasteiger partial charge in [0.25, 0.3) is 0 Å². The summed E-state index contributed by atoms with van der Waals surface area (Å²) in [6, 6.07) is 9.82. The SMILES string of the molecule is COc1cc(O)cc(/C=C(\O)c2ccc(OC)c(OC)c2)c1. The third-order valence-electron chi connectivity index (χ3n) is 3.13. The minimum atomic E-state index is 0.0357. The largest absolute Gasteiger partial charge is 0.508 e. The lowest BCUT2D eigenvalue weighted by molar-refractivity contribution is 0.354. The van der Waals surface area contributed by atoms with Crippen molar-refractivity contribution in [3.8, 4) is 23.0 Å². The van der Waals surface area contributed by atoms with E-state index < -0.39 is 0 Å². The molecule has 22 heavy (non-hydrogen) atoms. The molecular formula is C17H18O5. The van der Waals surface area contributed by atoms with Gasteiger partial charge in [-0.3, -0.25) is 0 Å². The highest BCUT2D eigenvalue weighted by Gasteiger charge is 2.08. The van der Waals surface area contributed by atoms with Crippen LogP contribution in [0.2, 0.25) is 0 Å². The molecular weight excluding hydrogens is 284 g/mol. The average Bonchev–Trinajstić information content (AvgIpc) is 2.53. The van der Waals surface area contributed by atoms with Crippen molar-refractivity contribution < 1.29 is 24.4 Å². The summed E-state index contributed by atoms with van der Waals surface area (Å²) in [4.78, 5) is 0. The molecule has 2 rings (SSSR count). The van der Waals surface area contributed by atoms with Gasteiger partial charge in [0.15, 0.2) is 11.5 Å². The van der Waals surface area contributed by atoms with Crippen LogP contribution in [-0.4, -0.2) is 31.5 Å². The van der Waals surface area contributed by atoms with Gasteiger partial charge in [-0.25, -0.2) is 0 Å². The van der Waals surface area contributed by atoms with Gasteiger partial charge in [-0.2, -0.15) is 0 Å². The maximum absolute atomic E-state index is 10.3. The molecule has 0 spiro atoms. The van der Waals surface area contributed by atoms with E-state index in [0.717, 1.165) is 0 Å². The number of ether oxygens (including phenoxy) is 3. The van der Waals surface area contributed by atoms with Crippen molar-refractivity contribution in [2.45, 2.75) is 0 Å². The maximum Gasteiger partial charge on any atom is 0.161 e. The highest BCUT2D eigenvalue weighted by molar-refractivity contribution is 5.78. The molecule has 5 nitrogen and oxygen atoms in total. The Balaban J connectivity index is 2.38. The van der Waals surface area contributed by atoms with Gasteiger partial charge in [0.05, 0.1) is 21.3 Å². The average molecular weight is 302 g/mol. The molecule has 2 aromatic rings. The molecule has 0 aliphatic heterocycles. The van der Waals surface area contributed by atoms with E-state index >= 15 is 0 Å². The van der Waals surface area contributed by atoms with Crippen LogP contribution in [0, 0.1) is 0 Å². The van der Waals surface area contributed by atoms with Crippen LogP contribution in [0.25, 0.3) is 11.8 Å². The summed E-state index contributed by atoms with van der Waals surface area (Å²) in [7, 11) is 4.59. The smallest absolute Gasteiger partial charge is 0.161 e. The first-order valence-electron chi connectivity index (χ1n) is 6.58. The first-order chi connectivity index (χ1) is 10.6. The number of aliphatic hydroxyl groups excluding tert-OH is 1. The molecule has 0 aromatic heterocycles. The first-order valence-corrected chi connectivity index (χ1v) is 6.58. The number of phenolic OH excluding ortho intramolecular Hbond substituents is 1. The lowest BCUT2D eigenvalue weighted by Crippen LogP contribution is -1.92. The molecule has 0 aliphatic carbocycles. The van der Waals surface area contributed by atoms with E-state index in [0.29, 0.717) is 28.4 Å². The standard InChI is InChI=1S/C17H18O5/c1-20-14-7-11(6-13(18)10-14)8-15(19)12-4-5-16(21-2)17(9-12)22-3/h4-10,18-19H,1-3H3/b15-8-. The Morgan fingerprint density at radius 3 is 2.27 bits per heavy atom. The Bertz CT molecular complexity index is 691. The summed E-state index contributed by atoms with van der Waals surface area (Å²) in [5.41, 5.74) is 1.18. The van der Waals surface area contributed by atoms with Crippen LogP contribution in [0.5, 0.6) is 23.0 Å². The third-order valence-corrected chi connectivity index (χ3v) is 3.13. The van der Waals surface area contributed by atoms with E-state index in [2.05, 4.69) is 0 Å². The molecule has 0 amide bonds. The number of aromatic hydroxyl groups is 1. The van der Waals surface area contributed by atoms with Crippen molar-refractivity contribution >= 4 is 11.8 Å². The number of aliphatic hydroxyl groups is 1. The van der Waals surface area contributed by atoms with Crippen LogP contribution in [0.3, 0.4) is 0 Å². The molecule has 5 heteroatoms. The number of benzene rings is 2. The normalized spacial score (nSPS) is 11.1. The number of methoxy groups -OCH3 is 3. The fraction of sp³-hybridized carbons (Fsp3) is 0.176. The minimum Gasteiger partial charge on any atom is -0.508 e. The van der Waals surface area contributed by atoms with Crippen molar-refractivity contribution in [2.75, 3.05) is 21.3 Å². The topological polar surface area (TPSA) is 68.2 Å². The van der Waals surface area contributed by atoms with E-state index in [4.69, 9.17) is 14.2 Å². The molecule has 0 radical (unpaired) electrons. The molecule has 0 aliphatic rings. The van der Waals surface area contributed by atoms with Crippen LogP contribution >= 0.6 is 0 Å². The molecule has 0 saturated heterocycles. The van der Waals surface area contributed by atoms with Gasteiger partial charge in [0, 0.05) is 11.6 Å². The van der Waals surface area contributed by atoms with Crippen molar-refractivity contribution in [1.82, 2.24) is 0 Å². The van der Waals surface area contributed by atoms with E-state index in [1.807, 2.05) is 0 Å². The zero-order valence-electron chi connectivity index (χ0n) is 12.7. The Morgan fingerprint density at radius 2 is 1.64 bits per heavy atom. The lowest BCUT2D eigenvalue weighted by atomic mass is 10.1. The predicted molar refractivity (Wildman–Crippen MR) is 84.7 cm³/mol. The molecule has 0 bridgehead atoms. The molecule has 0 heterocycles. The second-order valence-corrected chi connectivity index (χ2v) is 4.56. The summed E-state index contributed by atoms with van der Waals surface area (Å²) in [6.45, 7) is 0. The number of rotatable bonds is 5. The molecule has 0 saturated carbocycles. The second-order valence-electron chi connectivity index (χ2n) is 4.56. The minimum absolute atomic E-state index is 0.0357. The number of phenols is 1. The van der Waals surface area contributed by atoms with Gasteiger partial charge in [0.2, 0.25) is 0 Å². The monoisotopic (exact) mass is 302 g/mol. The fourth-order valence-electron chi connectivity index (χ4n) is 2.04. The van der Waals surface area contributed by atoms with Crippen LogP contribution in [0.1, 0.15) is 11.1 Å². The first kappa shape index (κ1) is 15.6. The molecule has 0 fully saturated rings. The predicted octanol–water partition coefficient (Wildman–Crippen LogP) is 3.47. The molecule has 2 aromatic carbocycles. The van der Waals surface area contributed by atoms with Gasteiger partial charge in [0.1, 0.15) is 17.3 Å². The van der Waals surface area contributed by atoms with Crippen molar-refractivity contribution in [3.63, 3.8) is 0 Å². The van der Waals surface area contributed by atoms with E-state index in [9.17, 15) is 10.2 Å². The van der Waals surface area contributed by atoms with Gasteiger partial charge < -0.3 is 24.4 Å². The number of hydrogen-bond donors (Lipinski definition) is 2. The quantitative estimate of drug-likeness (QED) is 0.654. The molecule has 0 unspecified atom stereocenters. The molecule has 0 atom stereocenters. The summed E-state index contributed by atoms with van der Waals surface area (Å²) in [5.74, 6) is 1.71. The zero-order valence-corrected chi connectivity index (χ0v) is 12.7. The van der Waals surface area contributed by atoms with E-state index in [-0.39, 0.29) is 11.5 Å². The van der Waals surface area contributed by atoms with Crippen molar-refractivity contribution in [3.05, 3.63) is 47.5 Å². The third kappa shape index (κ3) is 3.44. The summed E-state index contributed by atoms with van der Waals surface area (Å²) in [6.07, 6.45) is 1.53. The van der Waals surface area contributed by atoms with E-state index in [1.54, 1.807) is 31.4 Å². The van der Waals surface area contributed by atoms with Crippen LogP contribution < -0.4 is 14.2 Å². The van der Waals surface area contributed by atoms with Crippen molar-refractivity contribution in [1.29, 1.82) is 0 Å². The highest BCUT2D eigenvalue weighted by Crippen LogP contribution is 2.31. The number of hydrogen-bond acceptors (Lipinski definition) is 5. The van der Waals surface area contributed by atoms with Gasteiger partial charge in [-0.15, -0.1) is 0 Å². The molecule has 2 N–H and O–H groups in total. The Kier molecular flexibility index (Phi) is 4.78. The Hall–Kier alpha value is -2.82.